The average molecular weight is 240 g/mol. The number of aliphatic hydroxyl groups is 1. The highest BCUT2D eigenvalue weighted by molar-refractivity contribution is 5.74. The molecule has 1 aromatic rings. The largest absolute Gasteiger partial charge is 0.482 e. The molecule has 0 radical (unpaired) electrons. The first kappa shape index (κ1) is 13.0. The van der Waals surface area contributed by atoms with Crippen molar-refractivity contribution in [2.75, 3.05) is 6.61 Å². The lowest BCUT2D eigenvalue weighted by Gasteiger charge is -2.10. The van der Waals surface area contributed by atoms with Crippen molar-refractivity contribution < 1.29 is 29.6 Å². The van der Waals surface area contributed by atoms with Crippen LogP contribution < -0.4 is 4.74 Å². The first-order valence-corrected chi connectivity index (χ1v) is 4.78. The van der Waals surface area contributed by atoms with E-state index in [1.54, 1.807) is 6.92 Å². The molecule has 0 aromatic heterocycles. The Hall–Kier alpha value is -2.08. The minimum atomic E-state index is -1.60. The van der Waals surface area contributed by atoms with Gasteiger partial charge in [0, 0.05) is 0 Å². The molecule has 0 aliphatic heterocycles. The van der Waals surface area contributed by atoms with Crippen LogP contribution in [0.3, 0.4) is 0 Å². The van der Waals surface area contributed by atoms with Crippen LogP contribution in [0.1, 0.15) is 17.2 Å². The molecular formula is C11H12O6. The van der Waals surface area contributed by atoms with Crippen LogP contribution in [0.5, 0.6) is 5.75 Å². The summed E-state index contributed by atoms with van der Waals surface area (Å²) in [4.78, 5) is 20.9. The Bertz CT molecular complexity index is 440. The molecule has 0 aliphatic rings. The van der Waals surface area contributed by atoms with E-state index in [9.17, 15) is 14.7 Å². The fraction of sp³-hybridized carbons (Fsp3) is 0.273. The molecule has 0 aliphatic carbocycles. The molecule has 17 heavy (non-hydrogen) atoms. The van der Waals surface area contributed by atoms with Crippen LogP contribution in [0.4, 0.5) is 0 Å². The predicted octanol–water partition coefficient (Wildman–Crippen LogP) is 0.576. The van der Waals surface area contributed by atoms with Gasteiger partial charge in [-0.05, 0) is 30.2 Å². The van der Waals surface area contributed by atoms with E-state index < -0.39 is 24.6 Å². The van der Waals surface area contributed by atoms with Crippen molar-refractivity contribution >= 4 is 11.9 Å². The van der Waals surface area contributed by atoms with Gasteiger partial charge in [-0.2, -0.15) is 0 Å². The van der Waals surface area contributed by atoms with Gasteiger partial charge in [0.2, 0.25) is 0 Å². The van der Waals surface area contributed by atoms with Crippen molar-refractivity contribution in [2.24, 2.45) is 0 Å². The maximum absolute atomic E-state index is 10.6. The fourth-order valence-electron chi connectivity index (χ4n) is 1.29. The van der Waals surface area contributed by atoms with Gasteiger partial charge < -0.3 is 20.1 Å². The van der Waals surface area contributed by atoms with Gasteiger partial charge in [0.15, 0.2) is 12.7 Å². The number of ether oxygens (including phenoxy) is 1. The van der Waals surface area contributed by atoms with Crippen LogP contribution in [0.25, 0.3) is 0 Å². The Morgan fingerprint density at radius 2 is 2.00 bits per heavy atom. The lowest BCUT2D eigenvalue weighted by molar-refractivity contribution is -0.147. The van der Waals surface area contributed by atoms with Crippen molar-refractivity contribution in [2.45, 2.75) is 13.0 Å². The number of carbonyl (C=O) groups is 2. The molecule has 0 saturated heterocycles. The Morgan fingerprint density at radius 1 is 1.35 bits per heavy atom. The maximum Gasteiger partial charge on any atom is 0.341 e. The van der Waals surface area contributed by atoms with E-state index >= 15 is 0 Å². The quantitative estimate of drug-likeness (QED) is 0.695. The minimum Gasteiger partial charge on any atom is -0.482 e. The van der Waals surface area contributed by atoms with Gasteiger partial charge in [0.05, 0.1) is 0 Å². The van der Waals surface area contributed by atoms with Crippen LogP contribution in [-0.4, -0.2) is 33.9 Å². The van der Waals surface area contributed by atoms with Crippen LogP contribution >= 0.6 is 0 Å². The lowest BCUT2D eigenvalue weighted by atomic mass is 10.1. The lowest BCUT2D eigenvalue weighted by Crippen LogP contribution is -2.12. The molecule has 0 saturated carbocycles. The van der Waals surface area contributed by atoms with Gasteiger partial charge >= 0.3 is 11.9 Å². The summed E-state index contributed by atoms with van der Waals surface area (Å²) in [5.41, 5.74) is 0.779. The van der Waals surface area contributed by atoms with Crippen LogP contribution in [-0.2, 0) is 9.59 Å². The van der Waals surface area contributed by atoms with Crippen molar-refractivity contribution in [1.29, 1.82) is 0 Å². The number of aliphatic carboxylic acids is 2. The first-order valence-electron chi connectivity index (χ1n) is 4.78. The molecule has 1 atom stereocenters. The van der Waals surface area contributed by atoms with Crippen molar-refractivity contribution in [3.8, 4) is 5.75 Å². The van der Waals surface area contributed by atoms with Crippen molar-refractivity contribution in [1.82, 2.24) is 0 Å². The number of aryl methyl sites for hydroxylation is 1. The summed E-state index contributed by atoms with van der Waals surface area (Å²) in [6.07, 6.45) is -1.60. The predicted molar refractivity (Wildman–Crippen MR) is 56.9 cm³/mol. The zero-order valence-electron chi connectivity index (χ0n) is 9.08. The number of carboxylic acids is 2. The number of hydrogen-bond acceptors (Lipinski definition) is 4. The van der Waals surface area contributed by atoms with E-state index in [0.717, 1.165) is 0 Å². The summed E-state index contributed by atoms with van der Waals surface area (Å²) in [7, 11) is 0. The molecule has 3 N–H and O–H groups in total. The second-order valence-electron chi connectivity index (χ2n) is 3.45. The summed E-state index contributed by atoms with van der Waals surface area (Å²) in [6, 6.07) is 4.25. The third-order valence-corrected chi connectivity index (χ3v) is 2.10. The monoisotopic (exact) mass is 240 g/mol. The number of benzene rings is 1. The molecule has 0 heterocycles. The topological polar surface area (TPSA) is 104 Å². The normalized spacial score (nSPS) is 11.9. The van der Waals surface area contributed by atoms with Gasteiger partial charge in [-0.3, -0.25) is 0 Å². The molecule has 1 aromatic carbocycles. The SMILES string of the molecule is Cc1cc([C@@H](O)C(=O)O)ccc1OCC(=O)O. The Labute approximate surface area is 97.1 Å². The van der Waals surface area contributed by atoms with E-state index in [1.807, 2.05) is 0 Å². The number of hydrogen-bond donors (Lipinski definition) is 3. The number of carboxylic acid groups (broad SMARTS) is 2. The molecule has 6 nitrogen and oxygen atoms in total. The third kappa shape index (κ3) is 3.46. The Balaban J connectivity index is 2.86. The molecule has 6 heteroatoms. The van der Waals surface area contributed by atoms with E-state index in [4.69, 9.17) is 14.9 Å². The zero-order chi connectivity index (χ0) is 13.0. The standard InChI is InChI=1S/C11H12O6/c1-6-4-7(10(14)11(15)16)2-3-8(6)17-5-9(12)13/h2-4,10,14H,5H2,1H3,(H,12,13)(H,15,16)/t10-/m1/s1. The third-order valence-electron chi connectivity index (χ3n) is 2.10. The highest BCUT2D eigenvalue weighted by Crippen LogP contribution is 2.22. The van der Waals surface area contributed by atoms with Crippen LogP contribution in [0, 0.1) is 6.92 Å². The first-order chi connectivity index (χ1) is 7.91. The molecule has 1 rings (SSSR count). The average Bonchev–Trinajstić information content (AvgIpc) is 2.26. The second kappa shape index (κ2) is 5.31. The Kier molecular flexibility index (Phi) is 4.06. The molecule has 0 bridgehead atoms. The number of rotatable bonds is 5. The second-order valence-corrected chi connectivity index (χ2v) is 3.45. The summed E-state index contributed by atoms with van der Waals surface area (Å²) >= 11 is 0. The van der Waals surface area contributed by atoms with Crippen LogP contribution in [0.15, 0.2) is 18.2 Å². The smallest absolute Gasteiger partial charge is 0.341 e. The summed E-state index contributed by atoms with van der Waals surface area (Å²) < 4.78 is 4.96. The van der Waals surface area contributed by atoms with Gasteiger partial charge in [0.25, 0.3) is 0 Å². The number of aliphatic hydroxyl groups excluding tert-OH is 1. The molecule has 0 amide bonds. The van der Waals surface area contributed by atoms with E-state index in [0.29, 0.717) is 11.3 Å². The van der Waals surface area contributed by atoms with Gasteiger partial charge in [0.1, 0.15) is 5.75 Å². The Morgan fingerprint density at radius 3 is 2.47 bits per heavy atom. The minimum absolute atomic E-state index is 0.220. The summed E-state index contributed by atoms with van der Waals surface area (Å²) in [6.45, 7) is 1.16. The van der Waals surface area contributed by atoms with Crippen molar-refractivity contribution in [3.05, 3.63) is 29.3 Å². The van der Waals surface area contributed by atoms with Gasteiger partial charge in [-0.1, -0.05) is 6.07 Å². The van der Waals surface area contributed by atoms with Gasteiger partial charge in [-0.25, -0.2) is 9.59 Å². The summed E-state index contributed by atoms with van der Waals surface area (Å²) in [5.74, 6) is -2.10. The van der Waals surface area contributed by atoms with Crippen LogP contribution in [0.2, 0.25) is 0 Å². The van der Waals surface area contributed by atoms with E-state index in [1.165, 1.54) is 18.2 Å². The molecular weight excluding hydrogens is 228 g/mol. The molecule has 0 unspecified atom stereocenters. The highest BCUT2D eigenvalue weighted by atomic mass is 16.5. The summed E-state index contributed by atoms with van der Waals surface area (Å²) in [5, 5.41) is 26.3. The molecule has 0 spiro atoms. The molecule has 92 valence electrons. The maximum atomic E-state index is 10.6. The van der Waals surface area contributed by atoms with E-state index in [-0.39, 0.29) is 5.56 Å². The zero-order valence-corrected chi connectivity index (χ0v) is 9.08. The highest BCUT2D eigenvalue weighted by Gasteiger charge is 2.16. The molecule has 0 fully saturated rings. The fourth-order valence-corrected chi connectivity index (χ4v) is 1.29. The van der Waals surface area contributed by atoms with Crippen molar-refractivity contribution in [3.63, 3.8) is 0 Å². The van der Waals surface area contributed by atoms with Gasteiger partial charge in [-0.15, -0.1) is 0 Å². The van der Waals surface area contributed by atoms with E-state index in [2.05, 4.69) is 0 Å².